The van der Waals surface area contributed by atoms with Gasteiger partial charge in [0.15, 0.2) is 11.5 Å². The second-order valence-electron chi connectivity index (χ2n) is 8.93. The summed E-state index contributed by atoms with van der Waals surface area (Å²) in [5.41, 5.74) is 4.84. The van der Waals surface area contributed by atoms with E-state index in [2.05, 4.69) is 34.4 Å². The second kappa shape index (κ2) is 11.6. The summed E-state index contributed by atoms with van der Waals surface area (Å²) in [6.07, 6.45) is 7.53. The van der Waals surface area contributed by atoms with Crippen molar-refractivity contribution < 1.29 is 19.4 Å². The molecule has 0 radical (unpaired) electrons. The van der Waals surface area contributed by atoms with E-state index in [1.54, 1.807) is 20.6 Å². The van der Waals surface area contributed by atoms with E-state index in [-0.39, 0.29) is 6.04 Å². The monoisotopic (exact) mass is 527 g/mol. The molecule has 9 nitrogen and oxygen atoms in total. The van der Waals surface area contributed by atoms with Gasteiger partial charge in [-0.1, -0.05) is 12.1 Å². The fourth-order valence-corrected chi connectivity index (χ4v) is 4.88. The number of fused-ring (bicyclic) bond motifs is 1. The highest BCUT2D eigenvalue weighted by Crippen LogP contribution is 2.33. The molecule has 0 spiro atoms. The lowest BCUT2D eigenvalue weighted by atomic mass is 9.97. The molecule has 0 bridgehead atoms. The number of benzene rings is 1. The number of hydrogen-bond acceptors (Lipinski definition) is 8. The fraction of sp³-hybridized carbons (Fsp3) is 0.407. The van der Waals surface area contributed by atoms with E-state index in [1.807, 2.05) is 36.4 Å². The van der Waals surface area contributed by atoms with Crippen LogP contribution >= 0.6 is 11.8 Å². The van der Waals surface area contributed by atoms with Crippen LogP contribution in [0.5, 0.6) is 0 Å². The van der Waals surface area contributed by atoms with Gasteiger partial charge in [0.05, 0.1) is 14.2 Å². The van der Waals surface area contributed by atoms with Crippen LogP contribution in [0, 0.1) is 0 Å². The average Bonchev–Trinajstić information content (AvgIpc) is 2.90. The number of carbonyl (C=O) groups is 1. The molecule has 0 saturated carbocycles. The van der Waals surface area contributed by atoms with Crippen LogP contribution in [0.15, 0.2) is 75.7 Å². The molecule has 0 amide bonds. The van der Waals surface area contributed by atoms with Gasteiger partial charge in [-0.25, -0.2) is 9.21 Å². The highest BCUT2D eigenvalue weighted by Gasteiger charge is 2.29. The summed E-state index contributed by atoms with van der Waals surface area (Å²) >= 11 is 6.43. The minimum atomic E-state index is -0.862. The number of anilines is 1. The van der Waals surface area contributed by atoms with E-state index in [4.69, 9.17) is 21.3 Å². The number of carboxylic acid groups (broad SMARTS) is 1. The van der Waals surface area contributed by atoms with Gasteiger partial charge in [0, 0.05) is 53.9 Å². The summed E-state index contributed by atoms with van der Waals surface area (Å²) in [5, 5.41) is 16.5. The van der Waals surface area contributed by atoms with Crippen molar-refractivity contribution in [2.45, 2.75) is 45.2 Å². The number of hydrogen-bond donors (Lipinski definition) is 3. The molecule has 3 aliphatic rings. The van der Waals surface area contributed by atoms with Crippen LogP contribution in [0.2, 0.25) is 0 Å². The van der Waals surface area contributed by atoms with Crippen LogP contribution in [-0.2, 0) is 20.7 Å². The molecule has 0 saturated heterocycles. The number of halogens is 1. The van der Waals surface area contributed by atoms with Crippen molar-refractivity contribution in [3.05, 3.63) is 76.3 Å². The zero-order valence-electron chi connectivity index (χ0n) is 21.6. The zero-order chi connectivity index (χ0) is 26.5. The predicted molar refractivity (Wildman–Crippen MR) is 145 cm³/mol. The van der Waals surface area contributed by atoms with Gasteiger partial charge >= 0.3 is 5.97 Å². The summed E-state index contributed by atoms with van der Waals surface area (Å²) in [5.74, 6) is 0.993. The molecule has 37 heavy (non-hydrogen) atoms. The minimum absolute atomic E-state index is 0.255. The van der Waals surface area contributed by atoms with Gasteiger partial charge in [0.2, 0.25) is 0 Å². The number of methoxy groups -OCH3 is 2. The number of nitrogens with one attached hydrogen (secondary N) is 2. The molecule has 1 unspecified atom stereocenters. The minimum Gasteiger partial charge on any atom is -0.493 e. The Balaban J connectivity index is 1.48. The molecular formula is C27H34ClN5O4. The van der Waals surface area contributed by atoms with E-state index in [9.17, 15) is 9.90 Å². The Hall–Kier alpha value is -3.59. The first kappa shape index (κ1) is 26.5. The Morgan fingerprint density at radius 3 is 2.46 bits per heavy atom. The lowest BCUT2D eigenvalue weighted by Crippen LogP contribution is -2.42. The van der Waals surface area contributed by atoms with Crippen LogP contribution in [0.1, 0.15) is 32.3 Å². The summed E-state index contributed by atoms with van der Waals surface area (Å²) in [7, 11) is 3.17. The first-order valence-electron chi connectivity index (χ1n) is 12.4. The maximum Gasteiger partial charge on any atom is 0.326 e. The van der Waals surface area contributed by atoms with Gasteiger partial charge in [0.1, 0.15) is 24.2 Å². The molecular weight excluding hydrogens is 494 g/mol. The molecule has 1 aromatic carbocycles. The first-order chi connectivity index (χ1) is 17.9. The Kier molecular flexibility index (Phi) is 8.33. The van der Waals surface area contributed by atoms with E-state index < -0.39 is 12.0 Å². The van der Waals surface area contributed by atoms with E-state index in [0.29, 0.717) is 23.8 Å². The molecule has 0 fully saturated rings. The van der Waals surface area contributed by atoms with E-state index in [1.165, 1.54) is 10.1 Å². The molecule has 10 heteroatoms. The summed E-state index contributed by atoms with van der Waals surface area (Å²) in [6, 6.07) is 6.74. The second-order valence-corrected chi connectivity index (χ2v) is 9.30. The maximum atomic E-state index is 12.0. The number of carboxylic acids is 1. The van der Waals surface area contributed by atoms with E-state index >= 15 is 0 Å². The number of nitrogens with zero attached hydrogens (tertiary/aromatic N) is 3. The molecule has 4 rings (SSSR count). The third-order valence-corrected chi connectivity index (χ3v) is 7.08. The zero-order valence-corrected chi connectivity index (χ0v) is 22.4. The topological polar surface area (TPSA) is 98.7 Å². The van der Waals surface area contributed by atoms with Crippen molar-refractivity contribution in [3.63, 3.8) is 0 Å². The van der Waals surface area contributed by atoms with Crippen molar-refractivity contribution >= 4 is 29.8 Å². The molecule has 2 aliphatic carbocycles. The smallest absolute Gasteiger partial charge is 0.326 e. The van der Waals surface area contributed by atoms with Gasteiger partial charge in [-0.3, -0.25) is 4.99 Å². The SMILES string of the molecule is CCN(CC)C1=C(NC(Cc2ccc(NC3=C4C=C(OC)C(OC)=C[C@@H]4N=CN3Cl)cc2)C(=O)O)CC1. The highest BCUT2D eigenvalue weighted by atomic mass is 35.5. The summed E-state index contributed by atoms with van der Waals surface area (Å²) < 4.78 is 12.3. The summed E-state index contributed by atoms with van der Waals surface area (Å²) in [6.45, 7) is 6.07. The third kappa shape index (κ3) is 5.72. The molecule has 198 valence electrons. The van der Waals surface area contributed by atoms with Crippen molar-refractivity contribution in [1.29, 1.82) is 0 Å². The molecule has 0 aromatic heterocycles. The Morgan fingerprint density at radius 2 is 1.89 bits per heavy atom. The number of ether oxygens (including phenoxy) is 2. The maximum absolute atomic E-state index is 12.0. The summed E-state index contributed by atoms with van der Waals surface area (Å²) in [4.78, 5) is 18.8. The largest absolute Gasteiger partial charge is 0.493 e. The van der Waals surface area contributed by atoms with Gasteiger partial charge in [-0.2, -0.15) is 0 Å². The van der Waals surface area contributed by atoms with Crippen molar-refractivity contribution in [2.75, 3.05) is 32.6 Å². The van der Waals surface area contributed by atoms with Crippen molar-refractivity contribution in [2.24, 2.45) is 4.99 Å². The standard InChI is InChI=1S/C27H34ClN5O4/c1-5-32(6-2)23-12-11-20(23)31-22(27(34)35)13-17-7-9-18(10-8-17)30-26-19-14-24(36-3)25(37-4)15-21(19)29-16-33(26)28/h7-10,14-16,21-22,30-31H,5-6,11-13H2,1-4H3,(H,34,35)/t21-,22?/m0/s1. The van der Waals surface area contributed by atoms with Crippen molar-refractivity contribution in [1.82, 2.24) is 14.6 Å². The third-order valence-electron chi connectivity index (χ3n) is 6.82. The van der Waals surface area contributed by atoms with Crippen LogP contribution in [0.25, 0.3) is 0 Å². The lowest BCUT2D eigenvalue weighted by molar-refractivity contribution is -0.139. The molecule has 2 atom stereocenters. The predicted octanol–water partition coefficient (Wildman–Crippen LogP) is 4.18. The Morgan fingerprint density at radius 1 is 1.19 bits per heavy atom. The molecule has 1 aromatic rings. The normalized spacial score (nSPS) is 19.4. The number of rotatable bonds is 12. The van der Waals surface area contributed by atoms with E-state index in [0.717, 1.165) is 48.5 Å². The first-order valence-corrected chi connectivity index (χ1v) is 12.8. The van der Waals surface area contributed by atoms with Crippen LogP contribution in [-0.4, -0.2) is 66.1 Å². The Bertz CT molecular complexity index is 1170. The average molecular weight is 528 g/mol. The lowest BCUT2D eigenvalue weighted by Gasteiger charge is -2.35. The highest BCUT2D eigenvalue weighted by molar-refractivity contribution is 6.20. The fourth-order valence-electron chi connectivity index (χ4n) is 4.69. The van der Waals surface area contributed by atoms with Gasteiger partial charge < -0.3 is 30.1 Å². The van der Waals surface area contributed by atoms with Crippen LogP contribution in [0.4, 0.5) is 5.69 Å². The quantitative estimate of drug-likeness (QED) is 0.348. The number of aliphatic carboxylic acids is 1. The molecule has 1 aliphatic heterocycles. The van der Waals surface area contributed by atoms with Crippen LogP contribution in [0.3, 0.4) is 0 Å². The van der Waals surface area contributed by atoms with Gasteiger partial charge in [-0.15, -0.1) is 0 Å². The van der Waals surface area contributed by atoms with Crippen molar-refractivity contribution in [3.8, 4) is 0 Å². The molecule has 1 heterocycles. The van der Waals surface area contributed by atoms with Crippen LogP contribution < -0.4 is 10.6 Å². The van der Waals surface area contributed by atoms with Gasteiger partial charge in [0.25, 0.3) is 0 Å². The molecule has 3 N–H and O–H groups in total. The Labute approximate surface area is 222 Å². The number of aliphatic imine (C=N–C) groups is 1. The van der Waals surface area contributed by atoms with Gasteiger partial charge in [-0.05, 0) is 56.5 Å². The number of allylic oxidation sites excluding steroid dienone is 2.